The van der Waals surface area contributed by atoms with Gasteiger partial charge < -0.3 is 5.32 Å². The molecule has 0 radical (unpaired) electrons. The molecule has 1 aliphatic rings. The van der Waals surface area contributed by atoms with E-state index in [1.165, 1.54) is 18.6 Å². The van der Waals surface area contributed by atoms with Gasteiger partial charge >= 0.3 is 0 Å². The van der Waals surface area contributed by atoms with Crippen molar-refractivity contribution >= 4 is 11.6 Å². The summed E-state index contributed by atoms with van der Waals surface area (Å²) in [6.07, 6.45) is 8.56. The Labute approximate surface area is 128 Å². The molecule has 0 atom stereocenters. The molecule has 5 heteroatoms. The number of benzene rings is 1. The first-order valence-electron chi connectivity index (χ1n) is 7.61. The molecule has 1 aromatic heterocycles. The third-order valence-electron chi connectivity index (χ3n) is 4.00. The van der Waals surface area contributed by atoms with Crippen LogP contribution >= 0.6 is 0 Å². The van der Waals surface area contributed by atoms with Gasteiger partial charge in [0, 0.05) is 11.5 Å². The van der Waals surface area contributed by atoms with Gasteiger partial charge in [0.1, 0.15) is 5.82 Å². The van der Waals surface area contributed by atoms with E-state index in [2.05, 4.69) is 15.3 Å². The number of hydrogen-bond acceptors (Lipinski definition) is 3. The Morgan fingerprint density at radius 1 is 1.05 bits per heavy atom. The van der Waals surface area contributed by atoms with E-state index < -0.39 is 0 Å². The molecule has 4 nitrogen and oxygen atoms in total. The molecule has 1 aliphatic carbocycles. The maximum atomic E-state index is 12.9. The van der Waals surface area contributed by atoms with Gasteiger partial charge in [-0.15, -0.1) is 0 Å². The highest BCUT2D eigenvalue weighted by atomic mass is 19.1. The minimum atomic E-state index is -0.292. The van der Waals surface area contributed by atoms with Crippen molar-refractivity contribution in [1.29, 1.82) is 0 Å². The fraction of sp³-hybridized carbons (Fsp3) is 0.353. The number of rotatable bonds is 3. The fourth-order valence-corrected chi connectivity index (χ4v) is 2.75. The lowest BCUT2D eigenvalue weighted by molar-refractivity contribution is -0.120. The van der Waals surface area contributed by atoms with Crippen LogP contribution in [0.25, 0.3) is 11.4 Å². The molecular weight excluding hydrogens is 281 g/mol. The summed E-state index contributed by atoms with van der Waals surface area (Å²) in [6, 6.07) is 6.00. The first-order valence-corrected chi connectivity index (χ1v) is 7.61. The molecule has 1 amide bonds. The molecule has 3 rings (SSSR count). The number of carbonyl (C=O) groups is 1. The van der Waals surface area contributed by atoms with Crippen LogP contribution in [-0.4, -0.2) is 15.9 Å². The van der Waals surface area contributed by atoms with E-state index in [4.69, 9.17) is 0 Å². The normalized spacial score (nSPS) is 15.5. The van der Waals surface area contributed by atoms with E-state index in [9.17, 15) is 9.18 Å². The van der Waals surface area contributed by atoms with Crippen LogP contribution < -0.4 is 5.32 Å². The summed E-state index contributed by atoms with van der Waals surface area (Å²) in [7, 11) is 0. The van der Waals surface area contributed by atoms with Crippen LogP contribution in [0.2, 0.25) is 0 Å². The van der Waals surface area contributed by atoms with Gasteiger partial charge in [-0.3, -0.25) is 4.79 Å². The van der Waals surface area contributed by atoms with E-state index in [1.807, 2.05) is 0 Å². The second-order valence-corrected chi connectivity index (χ2v) is 5.63. The highest BCUT2D eigenvalue weighted by Crippen LogP contribution is 2.25. The summed E-state index contributed by atoms with van der Waals surface area (Å²) in [4.78, 5) is 20.6. The summed E-state index contributed by atoms with van der Waals surface area (Å²) in [6.45, 7) is 0. The summed E-state index contributed by atoms with van der Waals surface area (Å²) in [5.74, 6) is 0.374. The third kappa shape index (κ3) is 3.47. The number of amides is 1. The van der Waals surface area contributed by atoms with Crippen LogP contribution in [-0.2, 0) is 4.79 Å². The molecular formula is C17H18FN3O. The lowest BCUT2D eigenvalue weighted by atomic mass is 9.89. The van der Waals surface area contributed by atoms with E-state index >= 15 is 0 Å². The van der Waals surface area contributed by atoms with Crippen LogP contribution in [0.5, 0.6) is 0 Å². The molecule has 0 spiro atoms. The molecule has 0 saturated heterocycles. The van der Waals surface area contributed by atoms with Gasteiger partial charge in [0.15, 0.2) is 5.82 Å². The van der Waals surface area contributed by atoms with Gasteiger partial charge in [-0.1, -0.05) is 19.3 Å². The molecule has 2 aromatic rings. The van der Waals surface area contributed by atoms with Crippen molar-refractivity contribution in [3.8, 4) is 11.4 Å². The van der Waals surface area contributed by atoms with Crippen molar-refractivity contribution in [2.75, 3.05) is 5.32 Å². The molecule has 1 N–H and O–H groups in total. The van der Waals surface area contributed by atoms with Crippen LogP contribution in [0.4, 0.5) is 10.1 Å². The maximum absolute atomic E-state index is 12.9. The van der Waals surface area contributed by atoms with E-state index in [0.717, 1.165) is 31.2 Å². The molecule has 114 valence electrons. The fourth-order valence-electron chi connectivity index (χ4n) is 2.75. The zero-order valence-electron chi connectivity index (χ0n) is 12.3. The number of halogens is 1. The third-order valence-corrected chi connectivity index (χ3v) is 4.00. The standard InChI is InChI=1S/C17H18FN3O/c18-14-8-6-12(7-9-14)16-19-10-15(11-20-16)21-17(22)13-4-2-1-3-5-13/h6-11,13H,1-5H2,(H,21,22). The van der Waals surface area contributed by atoms with Gasteiger partial charge in [0.25, 0.3) is 0 Å². The van der Waals surface area contributed by atoms with Gasteiger partial charge in [-0.25, -0.2) is 14.4 Å². The Balaban J connectivity index is 1.66. The quantitative estimate of drug-likeness (QED) is 0.937. The van der Waals surface area contributed by atoms with Crippen LogP contribution in [0.1, 0.15) is 32.1 Å². The van der Waals surface area contributed by atoms with Crippen molar-refractivity contribution in [2.24, 2.45) is 5.92 Å². The molecule has 1 aromatic carbocycles. The first-order chi connectivity index (χ1) is 10.7. The topological polar surface area (TPSA) is 54.9 Å². The Morgan fingerprint density at radius 2 is 1.68 bits per heavy atom. The minimum Gasteiger partial charge on any atom is -0.323 e. The smallest absolute Gasteiger partial charge is 0.227 e. The molecule has 0 bridgehead atoms. The SMILES string of the molecule is O=C(Nc1cnc(-c2ccc(F)cc2)nc1)C1CCCCC1. The van der Waals surface area contributed by atoms with E-state index in [1.54, 1.807) is 24.5 Å². The van der Waals surface area contributed by atoms with E-state index in [-0.39, 0.29) is 17.6 Å². The second kappa shape index (κ2) is 6.64. The summed E-state index contributed by atoms with van der Waals surface area (Å²) < 4.78 is 12.9. The lowest BCUT2D eigenvalue weighted by Gasteiger charge is -2.20. The second-order valence-electron chi connectivity index (χ2n) is 5.63. The summed E-state index contributed by atoms with van der Waals surface area (Å²) >= 11 is 0. The predicted molar refractivity (Wildman–Crippen MR) is 82.6 cm³/mol. The molecule has 1 heterocycles. The number of nitrogens with zero attached hydrogens (tertiary/aromatic N) is 2. The van der Waals surface area contributed by atoms with Crippen molar-refractivity contribution in [2.45, 2.75) is 32.1 Å². The van der Waals surface area contributed by atoms with Gasteiger partial charge in [-0.2, -0.15) is 0 Å². The van der Waals surface area contributed by atoms with Crippen molar-refractivity contribution in [3.05, 3.63) is 42.5 Å². The van der Waals surface area contributed by atoms with E-state index in [0.29, 0.717) is 11.5 Å². The number of carbonyl (C=O) groups excluding carboxylic acids is 1. The Hall–Kier alpha value is -2.30. The lowest BCUT2D eigenvalue weighted by Crippen LogP contribution is -2.24. The van der Waals surface area contributed by atoms with Crippen LogP contribution in [0, 0.1) is 11.7 Å². The van der Waals surface area contributed by atoms with Crippen LogP contribution in [0.15, 0.2) is 36.7 Å². The van der Waals surface area contributed by atoms with Crippen molar-refractivity contribution in [3.63, 3.8) is 0 Å². The van der Waals surface area contributed by atoms with Crippen molar-refractivity contribution in [1.82, 2.24) is 9.97 Å². The minimum absolute atomic E-state index is 0.0535. The zero-order chi connectivity index (χ0) is 15.4. The highest BCUT2D eigenvalue weighted by molar-refractivity contribution is 5.92. The maximum Gasteiger partial charge on any atom is 0.227 e. The molecule has 1 fully saturated rings. The van der Waals surface area contributed by atoms with Gasteiger partial charge in [-0.05, 0) is 37.1 Å². The Kier molecular flexibility index (Phi) is 4.42. The van der Waals surface area contributed by atoms with Gasteiger partial charge in [0.05, 0.1) is 18.1 Å². The molecule has 1 saturated carbocycles. The number of aromatic nitrogens is 2. The Bertz CT molecular complexity index is 634. The molecule has 0 aliphatic heterocycles. The average molecular weight is 299 g/mol. The first kappa shape index (κ1) is 14.6. The summed E-state index contributed by atoms with van der Waals surface area (Å²) in [5.41, 5.74) is 1.34. The highest BCUT2D eigenvalue weighted by Gasteiger charge is 2.21. The number of nitrogens with one attached hydrogen (secondary N) is 1. The zero-order valence-corrected chi connectivity index (χ0v) is 12.3. The molecule has 0 unspecified atom stereocenters. The monoisotopic (exact) mass is 299 g/mol. The van der Waals surface area contributed by atoms with Crippen molar-refractivity contribution < 1.29 is 9.18 Å². The predicted octanol–water partition coefficient (Wildman–Crippen LogP) is 3.80. The van der Waals surface area contributed by atoms with Gasteiger partial charge in [0.2, 0.25) is 5.91 Å². The number of hydrogen-bond donors (Lipinski definition) is 1. The number of anilines is 1. The average Bonchev–Trinajstić information content (AvgIpc) is 2.57. The largest absolute Gasteiger partial charge is 0.323 e. The Morgan fingerprint density at radius 3 is 2.32 bits per heavy atom. The summed E-state index contributed by atoms with van der Waals surface area (Å²) in [5, 5.41) is 2.88. The molecule has 22 heavy (non-hydrogen) atoms. The van der Waals surface area contributed by atoms with Crippen LogP contribution in [0.3, 0.4) is 0 Å².